The quantitative estimate of drug-likeness (QED) is 0.719. The molecule has 2 N–H and O–H groups in total. The summed E-state index contributed by atoms with van der Waals surface area (Å²) in [5.41, 5.74) is -0.568. The molecule has 0 radical (unpaired) electrons. The monoisotopic (exact) mass is 291 g/mol. The molecule has 5 nitrogen and oxygen atoms in total. The Morgan fingerprint density at radius 1 is 1.43 bits per heavy atom. The van der Waals surface area contributed by atoms with Gasteiger partial charge in [0.05, 0.1) is 0 Å². The summed E-state index contributed by atoms with van der Waals surface area (Å²) in [6.07, 6.45) is 2.42. The maximum atomic E-state index is 12.4. The van der Waals surface area contributed by atoms with E-state index in [1.165, 1.54) is 7.11 Å². The van der Waals surface area contributed by atoms with Gasteiger partial charge in [0.25, 0.3) is 5.91 Å². The maximum absolute atomic E-state index is 12.4. The number of ether oxygens (including phenoxy) is 1. The number of allylic oxidation sites excluding steroid dienone is 1. The van der Waals surface area contributed by atoms with Gasteiger partial charge in [0, 0.05) is 7.11 Å². The van der Waals surface area contributed by atoms with Crippen LogP contribution in [0.3, 0.4) is 0 Å². The van der Waals surface area contributed by atoms with Crippen molar-refractivity contribution in [2.24, 2.45) is 0 Å². The Morgan fingerprint density at radius 2 is 2.05 bits per heavy atom. The Bertz CT molecular complexity index is 500. The number of carboxylic acid groups (broad SMARTS) is 1. The fraction of sp³-hybridized carbons (Fsp3) is 0.375. The second-order valence-corrected chi connectivity index (χ2v) is 4.83. The van der Waals surface area contributed by atoms with Gasteiger partial charge in [0.1, 0.15) is 6.04 Å². The van der Waals surface area contributed by atoms with Crippen LogP contribution in [0.2, 0.25) is 0 Å². The van der Waals surface area contributed by atoms with Crippen molar-refractivity contribution in [3.63, 3.8) is 0 Å². The molecule has 0 aromatic heterocycles. The first-order valence-electron chi connectivity index (χ1n) is 6.71. The Balaban J connectivity index is 2.92. The zero-order valence-corrected chi connectivity index (χ0v) is 12.3. The molecule has 0 aliphatic rings. The van der Waals surface area contributed by atoms with Gasteiger partial charge in [-0.3, -0.25) is 4.79 Å². The first-order valence-corrected chi connectivity index (χ1v) is 6.71. The molecule has 1 aromatic carbocycles. The number of nitrogens with one attached hydrogen (secondary N) is 1. The highest BCUT2D eigenvalue weighted by Gasteiger charge is 2.37. The molecule has 0 aliphatic heterocycles. The van der Waals surface area contributed by atoms with Crippen LogP contribution in [0.15, 0.2) is 43.0 Å². The SMILES string of the molecule is C=CCCC(NC(=O)C(C)(OC)c1ccccc1)C(=O)O. The van der Waals surface area contributed by atoms with Crippen molar-refractivity contribution < 1.29 is 19.4 Å². The second kappa shape index (κ2) is 7.59. The number of methoxy groups -OCH3 is 1. The van der Waals surface area contributed by atoms with Crippen LogP contribution < -0.4 is 5.32 Å². The average Bonchev–Trinajstić information content (AvgIpc) is 2.50. The van der Waals surface area contributed by atoms with E-state index in [9.17, 15) is 9.59 Å². The smallest absolute Gasteiger partial charge is 0.326 e. The van der Waals surface area contributed by atoms with Gasteiger partial charge in [0.2, 0.25) is 0 Å². The summed E-state index contributed by atoms with van der Waals surface area (Å²) < 4.78 is 5.35. The van der Waals surface area contributed by atoms with Crippen molar-refractivity contribution in [1.29, 1.82) is 0 Å². The van der Waals surface area contributed by atoms with E-state index in [-0.39, 0.29) is 0 Å². The number of amides is 1. The predicted molar refractivity (Wildman–Crippen MR) is 79.8 cm³/mol. The lowest BCUT2D eigenvalue weighted by molar-refractivity contribution is -0.149. The molecule has 0 heterocycles. The molecule has 0 saturated carbocycles. The van der Waals surface area contributed by atoms with Gasteiger partial charge in [0.15, 0.2) is 5.60 Å². The van der Waals surface area contributed by atoms with E-state index in [1.54, 1.807) is 37.3 Å². The van der Waals surface area contributed by atoms with Crippen molar-refractivity contribution in [1.82, 2.24) is 5.32 Å². The predicted octanol–water partition coefficient (Wildman–Crippen LogP) is 2.08. The van der Waals surface area contributed by atoms with Gasteiger partial charge in [-0.05, 0) is 25.3 Å². The first kappa shape index (κ1) is 16.9. The molecule has 5 heteroatoms. The lowest BCUT2D eigenvalue weighted by Gasteiger charge is -2.29. The molecule has 2 atom stereocenters. The minimum atomic E-state index is -1.23. The van der Waals surface area contributed by atoms with Crippen molar-refractivity contribution in [2.45, 2.75) is 31.4 Å². The van der Waals surface area contributed by atoms with E-state index in [4.69, 9.17) is 9.84 Å². The van der Waals surface area contributed by atoms with Crippen LogP contribution in [-0.2, 0) is 19.9 Å². The number of hydrogen-bond acceptors (Lipinski definition) is 3. The fourth-order valence-electron chi connectivity index (χ4n) is 1.94. The molecular weight excluding hydrogens is 270 g/mol. The topological polar surface area (TPSA) is 75.6 Å². The Kier molecular flexibility index (Phi) is 6.11. The molecule has 0 saturated heterocycles. The molecule has 1 aromatic rings. The van der Waals surface area contributed by atoms with Crippen molar-refractivity contribution >= 4 is 11.9 Å². The van der Waals surface area contributed by atoms with Crippen molar-refractivity contribution in [3.8, 4) is 0 Å². The highest BCUT2D eigenvalue weighted by Crippen LogP contribution is 2.25. The van der Waals surface area contributed by atoms with E-state index in [2.05, 4.69) is 11.9 Å². The Hall–Kier alpha value is -2.14. The summed E-state index contributed by atoms with van der Waals surface area (Å²) >= 11 is 0. The lowest BCUT2D eigenvalue weighted by Crippen LogP contribution is -2.50. The normalized spacial score (nSPS) is 14.8. The molecule has 0 fully saturated rings. The van der Waals surface area contributed by atoms with Gasteiger partial charge >= 0.3 is 5.97 Å². The van der Waals surface area contributed by atoms with Gasteiger partial charge in [-0.1, -0.05) is 36.4 Å². The molecule has 2 unspecified atom stereocenters. The number of rotatable bonds is 8. The molecule has 1 amide bonds. The van der Waals surface area contributed by atoms with Crippen LogP contribution in [0.1, 0.15) is 25.3 Å². The van der Waals surface area contributed by atoms with Gasteiger partial charge in [-0.2, -0.15) is 0 Å². The number of carboxylic acids is 1. The van der Waals surface area contributed by atoms with E-state index in [1.807, 2.05) is 6.07 Å². The van der Waals surface area contributed by atoms with Gasteiger partial charge in [-0.15, -0.1) is 6.58 Å². The van der Waals surface area contributed by atoms with Crippen LogP contribution >= 0.6 is 0 Å². The minimum absolute atomic E-state index is 0.291. The number of carbonyl (C=O) groups is 2. The van der Waals surface area contributed by atoms with Crippen molar-refractivity contribution in [2.75, 3.05) is 7.11 Å². The number of hydrogen-bond donors (Lipinski definition) is 2. The molecule has 1 rings (SSSR count). The highest BCUT2D eigenvalue weighted by atomic mass is 16.5. The number of carbonyl (C=O) groups excluding carboxylic acids is 1. The van der Waals surface area contributed by atoms with Crippen LogP contribution in [0.25, 0.3) is 0 Å². The second-order valence-electron chi connectivity index (χ2n) is 4.83. The molecular formula is C16H21NO4. The number of benzene rings is 1. The highest BCUT2D eigenvalue weighted by molar-refractivity contribution is 5.90. The largest absolute Gasteiger partial charge is 0.480 e. The van der Waals surface area contributed by atoms with Gasteiger partial charge in [-0.25, -0.2) is 4.79 Å². The molecule has 0 bridgehead atoms. The summed E-state index contributed by atoms with van der Waals surface area (Å²) in [5, 5.41) is 11.7. The minimum Gasteiger partial charge on any atom is -0.480 e. The van der Waals surface area contributed by atoms with Gasteiger partial charge < -0.3 is 15.2 Å². The average molecular weight is 291 g/mol. The third-order valence-corrected chi connectivity index (χ3v) is 3.43. The zero-order valence-electron chi connectivity index (χ0n) is 12.3. The van der Waals surface area contributed by atoms with Crippen LogP contribution in [0.4, 0.5) is 0 Å². The maximum Gasteiger partial charge on any atom is 0.326 e. The summed E-state index contributed by atoms with van der Waals surface area (Å²) in [5.74, 6) is -1.55. The summed E-state index contributed by atoms with van der Waals surface area (Å²) in [6.45, 7) is 5.17. The van der Waals surface area contributed by atoms with Crippen LogP contribution in [0, 0.1) is 0 Å². The molecule has 0 spiro atoms. The fourth-order valence-corrected chi connectivity index (χ4v) is 1.94. The lowest BCUT2D eigenvalue weighted by atomic mass is 9.94. The molecule has 0 aliphatic carbocycles. The molecule has 114 valence electrons. The van der Waals surface area contributed by atoms with E-state index in [0.29, 0.717) is 18.4 Å². The Labute approximate surface area is 124 Å². The summed E-state index contributed by atoms with van der Waals surface area (Å²) in [7, 11) is 1.42. The van der Waals surface area contributed by atoms with E-state index in [0.717, 1.165) is 0 Å². The Morgan fingerprint density at radius 3 is 2.52 bits per heavy atom. The van der Waals surface area contributed by atoms with Crippen LogP contribution in [-0.4, -0.2) is 30.1 Å². The van der Waals surface area contributed by atoms with E-state index >= 15 is 0 Å². The zero-order chi connectivity index (χ0) is 15.9. The third kappa shape index (κ3) is 4.16. The standard InChI is InChI=1S/C16H21NO4/c1-4-5-11-13(14(18)19)17-15(20)16(2,21-3)12-9-7-6-8-10-12/h4,6-10,13H,1,5,11H2,2-3H3,(H,17,20)(H,18,19). The first-order chi connectivity index (χ1) is 9.95. The molecule has 21 heavy (non-hydrogen) atoms. The van der Waals surface area contributed by atoms with Crippen molar-refractivity contribution in [3.05, 3.63) is 48.6 Å². The van der Waals surface area contributed by atoms with Crippen LogP contribution in [0.5, 0.6) is 0 Å². The summed E-state index contributed by atoms with van der Waals surface area (Å²) in [4.78, 5) is 23.7. The van der Waals surface area contributed by atoms with E-state index < -0.39 is 23.5 Å². The summed E-state index contributed by atoms with van der Waals surface area (Å²) in [6, 6.07) is 8.00. The third-order valence-electron chi connectivity index (χ3n) is 3.43. The number of aliphatic carboxylic acids is 1.